The minimum absolute atomic E-state index is 0.0600. The smallest absolute Gasteiger partial charge is 0.253 e. The third-order valence-electron chi connectivity index (χ3n) is 5.49. The molecule has 2 aromatic heterocycles. The second-order valence-corrected chi connectivity index (χ2v) is 7.64. The van der Waals surface area contributed by atoms with E-state index in [2.05, 4.69) is 27.0 Å². The molecule has 0 aliphatic rings. The number of benzene rings is 1. The van der Waals surface area contributed by atoms with E-state index >= 15 is 0 Å². The molecule has 7 nitrogen and oxygen atoms in total. The first-order valence-electron chi connectivity index (χ1n) is 11.4. The summed E-state index contributed by atoms with van der Waals surface area (Å²) in [6.07, 6.45) is 4.64. The number of pyridine rings is 2. The minimum atomic E-state index is 0.0600. The highest BCUT2D eigenvalue weighted by molar-refractivity contribution is 5.95. The monoisotopic (exact) mass is 434 g/mol. The number of nitrogens with one attached hydrogen (secondary N) is 3. The number of carbonyl (C=O) groups excluding carboxylic acids is 1. The summed E-state index contributed by atoms with van der Waals surface area (Å²) in [6, 6.07) is 11.7. The van der Waals surface area contributed by atoms with Gasteiger partial charge in [0.25, 0.3) is 5.91 Å². The van der Waals surface area contributed by atoms with Crippen molar-refractivity contribution in [2.75, 3.05) is 51.6 Å². The Labute approximate surface area is 190 Å². The lowest BCUT2D eigenvalue weighted by molar-refractivity contribution is 0.0773. The zero-order valence-electron chi connectivity index (χ0n) is 19.3. The van der Waals surface area contributed by atoms with Gasteiger partial charge in [0.1, 0.15) is 0 Å². The molecule has 32 heavy (non-hydrogen) atoms. The molecule has 3 rings (SSSR count). The maximum Gasteiger partial charge on any atom is 0.253 e. The van der Waals surface area contributed by atoms with Crippen LogP contribution >= 0.6 is 0 Å². The zero-order valence-corrected chi connectivity index (χ0v) is 19.3. The Morgan fingerprint density at radius 2 is 1.78 bits per heavy atom. The molecular weight excluding hydrogens is 400 g/mol. The Kier molecular flexibility index (Phi) is 8.95. The summed E-state index contributed by atoms with van der Waals surface area (Å²) in [5.41, 5.74) is 4.48. The van der Waals surface area contributed by atoms with Crippen LogP contribution in [0.5, 0.6) is 0 Å². The molecule has 3 aromatic rings. The molecule has 0 atom stereocenters. The van der Waals surface area contributed by atoms with Gasteiger partial charge in [0.05, 0.1) is 11.2 Å². The van der Waals surface area contributed by atoms with Crippen LogP contribution in [-0.4, -0.2) is 67.1 Å². The van der Waals surface area contributed by atoms with Gasteiger partial charge in [-0.2, -0.15) is 0 Å². The summed E-state index contributed by atoms with van der Waals surface area (Å²) in [4.78, 5) is 23.5. The van der Waals surface area contributed by atoms with Crippen molar-refractivity contribution in [3.63, 3.8) is 0 Å². The first-order valence-corrected chi connectivity index (χ1v) is 11.4. The average molecular weight is 435 g/mol. The molecule has 0 saturated carbocycles. The predicted molar refractivity (Wildman–Crippen MR) is 132 cm³/mol. The molecular formula is C25H34N6O. The van der Waals surface area contributed by atoms with E-state index in [-0.39, 0.29) is 5.91 Å². The number of amides is 1. The van der Waals surface area contributed by atoms with Gasteiger partial charge in [0.2, 0.25) is 0 Å². The van der Waals surface area contributed by atoms with Crippen LogP contribution in [-0.2, 0) is 0 Å². The predicted octanol–water partition coefficient (Wildman–Crippen LogP) is 3.39. The Morgan fingerprint density at radius 1 is 1.00 bits per heavy atom. The van der Waals surface area contributed by atoms with Crippen LogP contribution in [0.4, 0.5) is 5.69 Å². The van der Waals surface area contributed by atoms with Crippen LogP contribution in [0.1, 0.15) is 30.6 Å². The molecule has 7 heteroatoms. The molecule has 3 N–H and O–H groups in total. The Bertz CT molecular complexity index is 1000. The highest BCUT2D eigenvalue weighted by Crippen LogP contribution is 2.28. The van der Waals surface area contributed by atoms with Gasteiger partial charge in [-0.3, -0.25) is 9.78 Å². The zero-order chi connectivity index (χ0) is 22.8. The normalized spacial score (nSPS) is 11.0. The molecule has 0 spiro atoms. The van der Waals surface area contributed by atoms with Gasteiger partial charge in [-0.05, 0) is 58.1 Å². The highest BCUT2D eigenvalue weighted by atomic mass is 16.2. The fourth-order valence-electron chi connectivity index (χ4n) is 3.61. The fraction of sp³-hybridized carbons (Fsp3) is 0.400. The summed E-state index contributed by atoms with van der Waals surface area (Å²) in [5, 5.41) is 11.1. The summed E-state index contributed by atoms with van der Waals surface area (Å²) >= 11 is 0. The van der Waals surface area contributed by atoms with Crippen molar-refractivity contribution in [2.24, 2.45) is 0 Å². The quantitative estimate of drug-likeness (QED) is 0.379. The number of rotatable bonds is 12. The van der Waals surface area contributed by atoms with Gasteiger partial charge in [-0.15, -0.1) is 0 Å². The maximum absolute atomic E-state index is 12.6. The standard InChI is InChI=1S/C25H34N6O/c1-4-31(5-2)25(32)20-9-7-19(8-10-20)23-17-24(21-18-28-14-11-22(21)30-23)29-13-6-12-27-16-15-26-3/h7-11,14,17-18,26-27H,4-6,12-13,15-16H2,1-3H3,(H,29,30). The molecule has 1 aromatic carbocycles. The number of aromatic nitrogens is 2. The van der Waals surface area contributed by atoms with Crippen molar-refractivity contribution in [3.05, 3.63) is 54.4 Å². The van der Waals surface area contributed by atoms with E-state index in [9.17, 15) is 4.79 Å². The summed E-state index contributed by atoms with van der Waals surface area (Å²) in [6.45, 7) is 9.16. The van der Waals surface area contributed by atoms with Gasteiger partial charge in [-0.25, -0.2) is 4.98 Å². The van der Waals surface area contributed by atoms with Crippen molar-refractivity contribution < 1.29 is 4.79 Å². The van der Waals surface area contributed by atoms with E-state index in [1.807, 2.05) is 62.3 Å². The van der Waals surface area contributed by atoms with Crippen LogP contribution < -0.4 is 16.0 Å². The molecule has 0 aliphatic carbocycles. The first kappa shape index (κ1) is 23.6. The topological polar surface area (TPSA) is 82.2 Å². The lowest BCUT2D eigenvalue weighted by Crippen LogP contribution is -2.30. The van der Waals surface area contributed by atoms with Crippen LogP contribution in [0.15, 0.2) is 48.8 Å². The van der Waals surface area contributed by atoms with E-state index in [4.69, 9.17) is 4.98 Å². The molecule has 0 bridgehead atoms. The van der Waals surface area contributed by atoms with Crippen molar-refractivity contribution in [1.82, 2.24) is 25.5 Å². The molecule has 0 fully saturated rings. The third kappa shape index (κ3) is 6.02. The number of hydrogen-bond donors (Lipinski definition) is 3. The highest BCUT2D eigenvalue weighted by Gasteiger charge is 2.13. The molecule has 0 saturated heterocycles. The van der Waals surface area contributed by atoms with Gasteiger partial charge >= 0.3 is 0 Å². The van der Waals surface area contributed by atoms with Crippen molar-refractivity contribution in [3.8, 4) is 11.3 Å². The number of fused-ring (bicyclic) bond motifs is 1. The second kappa shape index (κ2) is 12.1. The molecule has 0 unspecified atom stereocenters. The van der Waals surface area contributed by atoms with Gasteiger partial charge in [-0.1, -0.05) is 12.1 Å². The Hall–Kier alpha value is -3.03. The number of hydrogen-bond acceptors (Lipinski definition) is 6. The molecule has 0 radical (unpaired) electrons. The molecule has 1 amide bonds. The van der Waals surface area contributed by atoms with Crippen LogP contribution in [0.3, 0.4) is 0 Å². The summed E-state index contributed by atoms with van der Waals surface area (Å²) in [5.74, 6) is 0.0600. The van der Waals surface area contributed by atoms with Gasteiger partial charge in [0.15, 0.2) is 0 Å². The van der Waals surface area contributed by atoms with Gasteiger partial charge in [0, 0.05) is 67.3 Å². The van der Waals surface area contributed by atoms with E-state index in [1.54, 1.807) is 6.20 Å². The lowest BCUT2D eigenvalue weighted by atomic mass is 10.1. The molecule has 2 heterocycles. The number of nitrogens with zero attached hydrogens (tertiary/aromatic N) is 3. The van der Waals surface area contributed by atoms with Crippen molar-refractivity contribution >= 4 is 22.5 Å². The van der Waals surface area contributed by atoms with E-state index in [0.717, 1.165) is 60.4 Å². The largest absolute Gasteiger partial charge is 0.384 e. The maximum atomic E-state index is 12.6. The average Bonchev–Trinajstić information content (AvgIpc) is 2.84. The Balaban J connectivity index is 1.76. The first-order chi connectivity index (χ1) is 15.7. The number of carbonyl (C=O) groups is 1. The minimum Gasteiger partial charge on any atom is -0.384 e. The van der Waals surface area contributed by atoms with E-state index in [1.165, 1.54) is 0 Å². The summed E-state index contributed by atoms with van der Waals surface area (Å²) in [7, 11) is 1.96. The van der Waals surface area contributed by atoms with Crippen molar-refractivity contribution in [2.45, 2.75) is 20.3 Å². The summed E-state index contributed by atoms with van der Waals surface area (Å²) < 4.78 is 0. The second-order valence-electron chi connectivity index (χ2n) is 7.64. The van der Waals surface area contributed by atoms with Crippen molar-refractivity contribution in [1.29, 1.82) is 0 Å². The SMILES string of the molecule is CCN(CC)C(=O)c1ccc(-c2cc(NCCCNCCNC)c3cnccc3n2)cc1. The number of likely N-dealkylation sites (N-methyl/N-ethyl adjacent to an activating group) is 1. The fourth-order valence-corrected chi connectivity index (χ4v) is 3.61. The lowest BCUT2D eigenvalue weighted by Gasteiger charge is -2.18. The molecule has 0 aliphatic heterocycles. The van der Waals surface area contributed by atoms with E-state index < -0.39 is 0 Å². The van der Waals surface area contributed by atoms with Crippen LogP contribution in [0.25, 0.3) is 22.2 Å². The number of anilines is 1. The van der Waals surface area contributed by atoms with Gasteiger partial charge < -0.3 is 20.9 Å². The molecule has 170 valence electrons. The van der Waals surface area contributed by atoms with E-state index in [0.29, 0.717) is 18.7 Å². The third-order valence-corrected chi connectivity index (χ3v) is 5.49. The Morgan fingerprint density at radius 3 is 2.50 bits per heavy atom. The van der Waals surface area contributed by atoms with Crippen LogP contribution in [0, 0.1) is 0 Å². The van der Waals surface area contributed by atoms with Crippen LogP contribution in [0.2, 0.25) is 0 Å².